The molecule has 0 aromatic heterocycles. The van der Waals surface area contributed by atoms with Gasteiger partial charge in [-0.15, -0.1) is 0 Å². The highest BCUT2D eigenvalue weighted by molar-refractivity contribution is 9.10. The largest absolute Gasteiger partial charge is 0.321 e. The first-order valence-electron chi connectivity index (χ1n) is 5.67. The van der Waals surface area contributed by atoms with Crippen LogP contribution >= 0.6 is 15.9 Å². The second-order valence-corrected chi connectivity index (χ2v) is 5.55. The van der Waals surface area contributed by atoms with E-state index in [1.165, 1.54) is 34.9 Å². The van der Waals surface area contributed by atoms with Crippen LogP contribution in [-0.2, 0) is 5.54 Å². The Balaban J connectivity index is 2.35. The molecule has 2 N–H and O–H groups in total. The smallest absolute Gasteiger partial charge is 0.0420 e. The summed E-state index contributed by atoms with van der Waals surface area (Å²) >= 11 is 3.64. The zero-order chi connectivity index (χ0) is 10.9. The molecule has 0 heterocycles. The molecule has 1 aliphatic rings. The van der Waals surface area contributed by atoms with E-state index >= 15 is 0 Å². The van der Waals surface area contributed by atoms with Crippen molar-refractivity contribution in [2.45, 2.75) is 44.6 Å². The predicted octanol–water partition coefficient (Wildman–Crippen LogP) is 3.88. The molecule has 1 saturated carbocycles. The van der Waals surface area contributed by atoms with Gasteiger partial charge in [0.1, 0.15) is 0 Å². The summed E-state index contributed by atoms with van der Waals surface area (Å²) in [6, 6.07) is 6.51. The van der Waals surface area contributed by atoms with Crippen molar-refractivity contribution in [2.75, 3.05) is 0 Å². The van der Waals surface area contributed by atoms with Gasteiger partial charge in [0.15, 0.2) is 0 Å². The normalized spacial score (nSPS) is 20.2. The Bertz CT molecular complexity index is 354. The molecule has 0 aliphatic heterocycles. The Hall–Kier alpha value is -0.340. The molecular weight excluding hydrogens is 250 g/mol. The van der Waals surface area contributed by atoms with Gasteiger partial charge in [0.05, 0.1) is 0 Å². The number of benzene rings is 1. The van der Waals surface area contributed by atoms with E-state index in [2.05, 4.69) is 41.1 Å². The Morgan fingerprint density at radius 2 is 1.87 bits per heavy atom. The minimum absolute atomic E-state index is 0.0925. The molecule has 0 saturated heterocycles. The van der Waals surface area contributed by atoms with Gasteiger partial charge in [0.25, 0.3) is 0 Å². The molecule has 1 aromatic rings. The molecule has 82 valence electrons. The standard InChI is InChI=1S/C13H18BrN/c1-10-5-6-11(12(14)9-10)13(15)7-3-2-4-8-13/h5-6,9H,2-4,7-8,15H2,1H3. The van der Waals surface area contributed by atoms with Crippen LogP contribution in [0.3, 0.4) is 0 Å². The first kappa shape index (κ1) is 11.2. The third-order valence-electron chi connectivity index (χ3n) is 3.41. The van der Waals surface area contributed by atoms with Crippen molar-refractivity contribution in [2.24, 2.45) is 5.73 Å². The molecule has 0 bridgehead atoms. The number of halogens is 1. The highest BCUT2D eigenvalue weighted by atomic mass is 79.9. The lowest BCUT2D eigenvalue weighted by Crippen LogP contribution is -2.38. The monoisotopic (exact) mass is 267 g/mol. The van der Waals surface area contributed by atoms with Crippen LogP contribution < -0.4 is 5.73 Å². The van der Waals surface area contributed by atoms with Gasteiger partial charge in [-0.3, -0.25) is 0 Å². The predicted molar refractivity (Wildman–Crippen MR) is 67.8 cm³/mol. The van der Waals surface area contributed by atoms with E-state index in [0.29, 0.717) is 0 Å². The summed E-state index contributed by atoms with van der Waals surface area (Å²) in [5.74, 6) is 0. The summed E-state index contributed by atoms with van der Waals surface area (Å²) in [4.78, 5) is 0. The van der Waals surface area contributed by atoms with E-state index in [1.54, 1.807) is 0 Å². The summed E-state index contributed by atoms with van der Waals surface area (Å²) in [5.41, 5.74) is 8.98. The van der Waals surface area contributed by atoms with Gasteiger partial charge < -0.3 is 5.73 Å². The summed E-state index contributed by atoms with van der Waals surface area (Å²) in [6.45, 7) is 2.11. The second-order valence-electron chi connectivity index (χ2n) is 4.70. The fourth-order valence-electron chi connectivity index (χ4n) is 2.48. The van der Waals surface area contributed by atoms with Crippen LogP contribution in [0.5, 0.6) is 0 Å². The van der Waals surface area contributed by atoms with Gasteiger partial charge >= 0.3 is 0 Å². The molecule has 0 atom stereocenters. The van der Waals surface area contributed by atoms with E-state index in [9.17, 15) is 0 Å². The molecule has 0 radical (unpaired) electrons. The van der Waals surface area contributed by atoms with Crippen LogP contribution in [0.15, 0.2) is 22.7 Å². The lowest BCUT2D eigenvalue weighted by atomic mass is 9.77. The first-order chi connectivity index (χ1) is 7.12. The SMILES string of the molecule is Cc1ccc(C2(N)CCCCC2)c(Br)c1. The van der Waals surface area contributed by atoms with E-state index in [0.717, 1.165) is 12.8 Å². The van der Waals surface area contributed by atoms with E-state index in [-0.39, 0.29) is 5.54 Å². The van der Waals surface area contributed by atoms with Crippen LogP contribution in [0.2, 0.25) is 0 Å². The molecule has 0 unspecified atom stereocenters. The van der Waals surface area contributed by atoms with Crippen LogP contribution in [0, 0.1) is 6.92 Å². The number of rotatable bonds is 1. The van der Waals surface area contributed by atoms with E-state index < -0.39 is 0 Å². The highest BCUT2D eigenvalue weighted by Crippen LogP contribution is 2.38. The Morgan fingerprint density at radius 1 is 1.20 bits per heavy atom. The van der Waals surface area contributed by atoms with E-state index in [1.807, 2.05) is 0 Å². The van der Waals surface area contributed by atoms with Crippen molar-refractivity contribution in [1.82, 2.24) is 0 Å². The minimum atomic E-state index is -0.0925. The topological polar surface area (TPSA) is 26.0 Å². The van der Waals surface area contributed by atoms with Crippen molar-refractivity contribution in [3.63, 3.8) is 0 Å². The fraction of sp³-hybridized carbons (Fsp3) is 0.538. The van der Waals surface area contributed by atoms with E-state index in [4.69, 9.17) is 5.73 Å². The number of nitrogens with two attached hydrogens (primary N) is 1. The molecule has 1 aliphatic carbocycles. The molecule has 0 amide bonds. The van der Waals surface area contributed by atoms with Crippen molar-refractivity contribution in [1.29, 1.82) is 0 Å². The van der Waals surface area contributed by atoms with Crippen molar-refractivity contribution < 1.29 is 0 Å². The average Bonchev–Trinajstić information content (AvgIpc) is 2.18. The zero-order valence-electron chi connectivity index (χ0n) is 9.22. The number of hydrogen-bond donors (Lipinski definition) is 1. The molecule has 1 nitrogen and oxygen atoms in total. The van der Waals surface area contributed by atoms with Gasteiger partial charge in [0.2, 0.25) is 0 Å². The Kier molecular flexibility index (Phi) is 3.17. The number of hydrogen-bond acceptors (Lipinski definition) is 1. The second kappa shape index (κ2) is 4.26. The molecule has 2 rings (SSSR count). The maximum atomic E-state index is 6.50. The summed E-state index contributed by atoms with van der Waals surface area (Å²) in [7, 11) is 0. The highest BCUT2D eigenvalue weighted by Gasteiger charge is 2.30. The molecule has 15 heavy (non-hydrogen) atoms. The Labute approximate surface area is 100 Å². The van der Waals surface area contributed by atoms with Crippen LogP contribution in [0.4, 0.5) is 0 Å². The average molecular weight is 268 g/mol. The molecule has 0 spiro atoms. The maximum absolute atomic E-state index is 6.50. The molecule has 1 fully saturated rings. The third-order valence-corrected chi connectivity index (χ3v) is 4.06. The molecule has 1 aromatic carbocycles. The zero-order valence-corrected chi connectivity index (χ0v) is 10.8. The quantitative estimate of drug-likeness (QED) is 0.821. The summed E-state index contributed by atoms with van der Waals surface area (Å²) in [6.07, 6.45) is 6.10. The third kappa shape index (κ3) is 2.26. The fourth-order valence-corrected chi connectivity index (χ4v) is 3.36. The summed E-state index contributed by atoms with van der Waals surface area (Å²) < 4.78 is 1.17. The van der Waals surface area contributed by atoms with Crippen LogP contribution in [0.1, 0.15) is 43.2 Å². The van der Waals surface area contributed by atoms with Crippen molar-refractivity contribution in [3.05, 3.63) is 33.8 Å². The first-order valence-corrected chi connectivity index (χ1v) is 6.47. The Morgan fingerprint density at radius 3 is 2.47 bits per heavy atom. The lowest BCUT2D eigenvalue weighted by Gasteiger charge is -2.34. The maximum Gasteiger partial charge on any atom is 0.0420 e. The number of aryl methyl sites for hydroxylation is 1. The summed E-state index contributed by atoms with van der Waals surface area (Å²) in [5, 5.41) is 0. The van der Waals surface area contributed by atoms with Gasteiger partial charge in [-0.25, -0.2) is 0 Å². The lowest BCUT2D eigenvalue weighted by molar-refractivity contribution is 0.301. The minimum Gasteiger partial charge on any atom is -0.321 e. The molecule has 2 heteroatoms. The van der Waals surface area contributed by atoms with Gasteiger partial charge in [0, 0.05) is 10.0 Å². The van der Waals surface area contributed by atoms with Crippen LogP contribution in [-0.4, -0.2) is 0 Å². The van der Waals surface area contributed by atoms with Crippen molar-refractivity contribution >= 4 is 15.9 Å². The van der Waals surface area contributed by atoms with Gasteiger partial charge in [-0.05, 0) is 37.0 Å². The van der Waals surface area contributed by atoms with Crippen molar-refractivity contribution in [3.8, 4) is 0 Å². The molecular formula is C13H18BrN. The van der Waals surface area contributed by atoms with Gasteiger partial charge in [-0.2, -0.15) is 0 Å². The van der Waals surface area contributed by atoms with Gasteiger partial charge in [-0.1, -0.05) is 47.3 Å². The van der Waals surface area contributed by atoms with Crippen LogP contribution in [0.25, 0.3) is 0 Å².